The van der Waals surface area contributed by atoms with Crippen LogP contribution < -0.4 is 4.90 Å². The van der Waals surface area contributed by atoms with Gasteiger partial charge in [0.25, 0.3) is 6.01 Å². The molecule has 4 nitrogen and oxygen atoms in total. The molecule has 0 bridgehead atoms. The molecule has 0 radical (unpaired) electrons. The van der Waals surface area contributed by atoms with Crippen LogP contribution in [0.2, 0.25) is 0 Å². The highest BCUT2D eigenvalue weighted by Crippen LogP contribution is 2.32. The average molecular weight is 356 g/mol. The molecule has 4 aromatic rings. The zero-order valence-electron chi connectivity index (χ0n) is 15.2. The van der Waals surface area contributed by atoms with Crippen LogP contribution in [0.3, 0.4) is 0 Å². The summed E-state index contributed by atoms with van der Waals surface area (Å²) in [4.78, 5) is 6.93. The summed E-state index contributed by atoms with van der Waals surface area (Å²) < 4.78 is 11.2. The van der Waals surface area contributed by atoms with E-state index in [1.807, 2.05) is 6.07 Å². The van der Waals surface area contributed by atoms with Gasteiger partial charge in [-0.3, -0.25) is 0 Å². The van der Waals surface area contributed by atoms with Crippen LogP contribution in [-0.4, -0.2) is 12.1 Å². The molecule has 2 heterocycles. The van der Waals surface area contributed by atoms with Gasteiger partial charge in [0.05, 0.1) is 6.61 Å². The third-order valence-corrected chi connectivity index (χ3v) is 5.09. The lowest BCUT2D eigenvalue weighted by Crippen LogP contribution is -2.14. The molecule has 0 saturated carbocycles. The Hall–Kier alpha value is -3.11. The summed E-state index contributed by atoms with van der Waals surface area (Å²) in [6.07, 6.45) is 0. The van der Waals surface area contributed by atoms with Gasteiger partial charge < -0.3 is 14.1 Å². The summed E-state index contributed by atoms with van der Waals surface area (Å²) in [6, 6.07) is 23.8. The number of benzene rings is 3. The number of methoxy groups -OCH3 is 1. The summed E-state index contributed by atoms with van der Waals surface area (Å²) >= 11 is 0. The normalized spacial score (nSPS) is 13.3. The van der Waals surface area contributed by atoms with Crippen molar-refractivity contribution in [1.82, 2.24) is 4.98 Å². The molecule has 1 aliphatic rings. The highest BCUT2D eigenvalue weighted by atomic mass is 16.5. The van der Waals surface area contributed by atoms with Gasteiger partial charge in [-0.2, -0.15) is 4.98 Å². The number of ether oxygens (including phenoxy) is 1. The predicted molar refractivity (Wildman–Crippen MR) is 106 cm³/mol. The zero-order chi connectivity index (χ0) is 18.2. The van der Waals surface area contributed by atoms with Crippen LogP contribution in [0.4, 0.5) is 6.01 Å². The van der Waals surface area contributed by atoms with Crippen molar-refractivity contribution >= 4 is 17.1 Å². The Balaban J connectivity index is 1.43. The Morgan fingerprint density at radius 3 is 2.33 bits per heavy atom. The second-order valence-corrected chi connectivity index (χ2v) is 6.93. The van der Waals surface area contributed by atoms with Crippen LogP contribution in [0.15, 0.2) is 71.1 Å². The van der Waals surface area contributed by atoms with Crippen molar-refractivity contribution in [3.8, 4) is 11.1 Å². The lowest BCUT2D eigenvalue weighted by Gasteiger charge is -2.10. The third kappa shape index (κ3) is 2.98. The molecule has 4 heteroatoms. The minimum absolute atomic E-state index is 0.629. The van der Waals surface area contributed by atoms with Crippen LogP contribution in [0.25, 0.3) is 22.2 Å². The minimum atomic E-state index is 0.629. The molecule has 0 N–H and O–H groups in total. The summed E-state index contributed by atoms with van der Waals surface area (Å²) in [5, 5.41) is 0. The largest absolute Gasteiger partial charge is 0.423 e. The number of aromatic nitrogens is 1. The predicted octanol–water partition coefficient (Wildman–Crippen LogP) is 5.16. The van der Waals surface area contributed by atoms with Gasteiger partial charge in [-0.25, -0.2) is 0 Å². The minimum Gasteiger partial charge on any atom is -0.423 e. The molecular formula is C23H20N2O2. The maximum atomic E-state index is 6.02. The first kappa shape index (κ1) is 16.1. The first-order valence-electron chi connectivity index (χ1n) is 9.11. The van der Waals surface area contributed by atoms with E-state index in [-0.39, 0.29) is 0 Å². The van der Waals surface area contributed by atoms with E-state index in [1.54, 1.807) is 7.11 Å². The van der Waals surface area contributed by atoms with Crippen LogP contribution >= 0.6 is 0 Å². The SMILES string of the molecule is COCc1ccc(-c2ccc3oc(N4Cc5ccccc5C4)nc3c2)cc1. The van der Waals surface area contributed by atoms with Gasteiger partial charge in [-0.15, -0.1) is 0 Å². The van der Waals surface area contributed by atoms with Crippen molar-refractivity contribution in [2.75, 3.05) is 12.0 Å². The number of nitrogens with zero attached hydrogens (tertiary/aromatic N) is 2. The van der Waals surface area contributed by atoms with Crippen molar-refractivity contribution in [3.05, 3.63) is 83.4 Å². The van der Waals surface area contributed by atoms with Crippen molar-refractivity contribution < 1.29 is 9.15 Å². The van der Waals surface area contributed by atoms with Gasteiger partial charge in [0.1, 0.15) is 5.52 Å². The molecule has 0 aliphatic carbocycles. The van der Waals surface area contributed by atoms with Gasteiger partial charge in [-0.05, 0) is 39.9 Å². The van der Waals surface area contributed by atoms with E-state index in [1.165, 1.54) is 16.7 Å². The molecule has 0 atom stereocenters. The molecule has 5 rings (SSSR count). The summed E-state index contributed by atoms with van der Waals surface area (Å²) in [7, 11) is 1.71. The van der Waals surface area contributed by atoms with E-state index in [0.29, 0.717) is 12.6 Å². The Morgan fingerprint density at radius 1 is 0.926 bits per heavy atom. The second kappa shape index (κ2) is 6.56. The van der Waals surface area contributed by atoms with Crippen LogP contribution in [0.5, 0.6) is 0 Å². The van der Waals surface area contributed by atoms with Gasteiger partial charge in [0, 0.05) is 20.2 Å². The smallest absolute Gasteiger partial charge is 0.298 e. The fourth-order valence-corrected chi connectivity index (χ4v) is 3.66. The monoisotopic (exact) mass is 356 g/mol. The topological polar surface area (TPSA) is 38.5 Å². The summed E-state index contributed by atoms with van der Waals surface area (Å²) in [5.74, 6) is 0. The lowest BCUT2D eigenvalue weighted by molar-refractivity contribution is 0.185. The van der Waals surface area contributed by atoms with E-state index in [2.05, 4.69) is 65.6 Å². The second-order valence-electron chi connectivity index (χ2n) is 6.93. The van der Waals surface area contributed by atoms with Gasteiger partial charge >= 0.3 is 0 Å². The summed E-state index contributed by atoms with van der Waals surface area (Å²) in [6.45, 7) is 2.32. The molecule has 1 aliphatic heterocycles. The highest BCUT2D eigenvalue weighted by molar-refractivity contribution is 5.81. The maximum absolute atomic E-state index is 6.02. The van der Waals surface area contributed by atoms with Gasteiger partial charge in [0.2, 0.25) is 0 Å². The standard InChI is InChI=1S/C23H20N2O2/c1-26-15-16-6-8-17(9-7-16)18-10-11-22-21(12-18)24-23(27-22)25-13-19-4-2-3-5-20(19)14-25/h2-12H,13-15H2,1H3. The molecule has 0 unspecified atom stereocenters. The van der Waals surface area contributed by atoms with Crippen molar-refractivity contribution in [2.45, 2.75) is 19.7 Å². The number of fused-ring (bicyclic) bond motifs is 2. The van der Waals surface area contributed by atoms with Gasteiger partial charge in [-0.1, -0.05) is 54.6 Å². The fourth-order valence-electron chi connectivity index (χ4n) is 3.66. The molecule has 3 aromatic carbocycles. The van der Waals surface area contributed by atoms with Crippen LogP contribution in [0.1, 0.15) is 16.7 Å². The lowest BCUT2D eigenvalue weighted by atomic mass is 10.0. The average Bonchev–Trinajstić information content (AvgIpc) is 3.32. The molecule has 0 fully saturated rings. The van der Waals surface area contributed by atoms with Crippen LogP contribution in [0, 0.1) is 0 Å². The highest BCUT2D eigenvalue weighted by Gasteiger charge is 2.22. The number of rotatable bonds is 4. The maximum Gasteiger partial charge on any atom is 0.298 e. The number of oxazole rings is 1. The van der Waals surface area contributed by atoms with Crippen molar-refractivity contribution in [2.24, 2.45) is 0 Å². The molecule has 0 spiro atoms. The third-order valence-electron chi connectivity index (χ3n) is 5.09. The Morgan fingerprint density at radius 2 is 1.63 bits per heavy atom. The molecule has 1 aromatic heterocycles. The Labute approximate surface area is 158 Å². The zero-order valence-corrected chi connectivity index (χ0v) is 15.2. The molecule has 0 amide bonds. The van der Waals surface area contributed by atoms with E-state index < -0.39 is 0 Å². The summed E-state index contributed by atoms with van der Waals surface area (Å²) in [5.41, 5.74) is 7.86. The molecule has 0 saturated heterocycles. The molecule has 134 valence electrons. The first-order valence-corrected chi connectivity index (χ1v) is 9.11. The van der Waals surface area contributed by atoms with Crippen molar-refractivity contribution in [1.29, 1.82) is 0 Å². The Bertz CT molecular complexity index is 1070. The van der Waals surface area contributed by atoms with E-state index in [0.717, 1.165) is 35.3 Å². The number of hydrogen-bond acceptors (Lipinski definition) is 4. The molecule has 27 heavy (non-hydrogen) atoms. The van der Waals surface area contributed by atoms with E-state index in [9.17, 15) is 0 Å². The number of hydrogen-bond donors (Lipinski definition) is 0. The first-order chi connectivity index (χ1) is 13.3. The fraction of sp³-hybridized carbons (Fsp3) is 0.174. The van der Waals surface area contributed by atoms with E-state index >= 15 is 0 Å². The van der Waals surface area contributed by atoms with Gasteiger partial charge in [0.15, 0.2) is 5.58 Å². The van der Waals surface area contributed by atoms with Crippen LogP contribution in [-0.2, 0) is 24.4 Å². The number of anilines is 1. The quantitative estimate of drug-likeness (QED) is 0.506. The van der Waals surface area contributed by atoms with E-state index in [4.69, 9.17) is 14.1 Å². The van der Waals surface area contributed by atoms with Crippen molar-refractivity contribution in [3.63, 3.8) is 0 Å². The molecular weight excluding hydrogens is 336 g/mol. The Kier molecular flexibility index (Phi) is 3.91.